The number of nitrogens with one attached hydrogen (secondary N) is 2. The SMILES string of the molecule is CCCCSCC(=O)Nc1ccc(-n2c(O)c(N(C)C)c(=O)n2-c2ccc(NC(=O)CSCCCC)cc2)cc1. The van der Waals surface area contributed by atoms with E-state index in [-0.39, 0.29) is 23.4 Å². The van der Waals surface area contributed by atoms with Gasteiger partial charge in [0.1, 0.15) is 0 Å². The predicted octanol–water partition coefficient (Wildman–Crippen LogP) is 5.34. The average molecular weight is 586 g/mol. The maximum atomic E-state index is 13.4. The Hall–Kier alpha value is -3.31. The minimum Gasteiger partial charge on any atom is -0.492 e. The number of aromatic hydroxyl groups is 1. The van der Waals surface area contributed by atoms with Crippen LogP contribution in [-0.4, -0.2) is 63.4 Å². The molecule has 2 aromatic carbocycles. The van der Waals surface area contributed by atoms with Gasteiger partial charge < -0.3 is 20.6 Å². The predicted molar refractivity (Wildman–Crippen MR) is 169 cm³/mol. The van der Waals surface area contributed by atoms with Gasteiger partial charge in [-0.3, -0.25) is 14.4 Å². The molecule has 0 aliphatic carbocycles. The molecule has 0 radical (unpaired) electrons. The lowest BCUT2D eigenvalue weighted by Gasteiger charge is -2.14. The number of unbranched alkanes of at least 4 members (excludes halogenated alkanes) is 2. The van der Waals surface area contributed by atoms with Crippen molar-refractivity contribution in [2.45, 2.75) is 39.5 Å². The molecule has 3 aromatic rings. The van der Waals surface area contributed by atoms with Crippen molar-refractivity contribution in [3.8, 4) is 17.3 Å². The lowest BCUT2D eigenvalue weighted by Crippen LogP contribution is -2.24. The first kappa shape index (κ1) is 31.2. The van der Waals surface area contributed by atoms with Crippen molar-refractivity contribution in [2.75, 3.05) is 52.6 Å². The molecular weight excluding hydrogens is 546 g/mol. The molecule has 0 aliphatic rings. The fourth-order valence-corrected chi connectivity index (χ4v) is 5.72. The smallest absolute Gasteiger partial charge is 0.299 e. The van der Waals surface area contributed by atoms with E-state index in [0.717, 1.165) is 37.2 Å². The molecule has 3 rings (SSSR count). The third kappa shape index (κ3) is 8.34. The van der Waals surface area contributed by atoms with Gasteiger partial charge in [0.05, 0.1) is 22.9 Å². The van der Waals surface area contributed by atoms with E-state index in [9.17, 15) is 19.5 Å². The topological polar surface area (TPSA) is 109 Å². The second kappa shape index (κ2) is 15.5. The summed E-state index contributed by atoms with van der Waals surface area (Å²) in [5.74, 6) is 2.32. The van der Waals surface area contributed by atoms with E-state index in [4.69, 9.17) is 0 Å². The summed E-state index contributed by atoms with van der Waals surface area (Å²) in [6.07, 6.45) is 4.36. The van der Waals surface area contributed by atoms with Gasteiger partial charge in [-0.25, -0.2) is 9.36 Å². The van der Waals surface area contributed by atoms with E-state index >= 15 is 0 Å². The minimum atomic E-state index is -0.395. The molecule has 9 nitrogen and oxygen atoms in total. The van der Waals surface area contributed by atoms with Crippen molar-refractivity contribution >= 4 is 52.4 Å². The first-order valence-corrected chi connectivity index (χ1v) is 15.8. The summed E-state index contributed by atoms with van der Waals surface area (Å²) in [7, 11) is 3.39. The van der Waals surface area contributed by atoms with Gasteiger partial charge in [-0.15, -0.1) is 0 Å². The van der Waals surface area contributed by atoms with Crippen LogP contribution in [0.5, 0.6) is 5.88 Å². The zero-order valence-electron chi connectivity index (χ0n) is 23.6. The maximum Gasteiger partial charge on any atom is 0.299 e. The summed E-state index contributed by atoms with van der Waals surface area (Å²) < 4.78 is 2.82. The van der Waals surface area contributed by atoms with Crippen LogP contribution in [0.2, 0.25) is 0 Å². The number of nitrogens with zero attached hydrogens (tertiary/aromatic N) is 3. The van der Waals surface area contributed by atoms with Gasteiger partial charge in [-0.1, -0.05) is 26.7 Å². The van der Waals surface area contributed by atoms with Crippen molar-refractivity contribution in [1.82, 2.24) is 9.36 Å². The van der Waals surface area contributed by atoms with Crippen molar-refractivity contribution in [1.29, 1.82) is 0 Å². The molecule has 0 saturated carbocycles. The molecule has 0 fully saturated rings. The normalized spacial score (nSPS) is 10.9. The summed E-state index contributed by atoms with van der Waals surface area (Å²) in [6.45, 7) is 4.24. The van der Waals surface area contributed by atoms with E-state index in [1.165, 1.54) is 9.36 Å². The Labute approximate surface area is 244 Å². The number of anilines is 3. The van der Waals surface area contributed by atoms with Gasteiger partial charge in [0, 0.05) is 25.5 Å². The van der Waals surface area contributed by atoms with E-state index < -0.39 is 5.56 Å². The molecule has 3 N–H and O–H groups in total. The van der Waals surface area contributed by atoms with Crippen molar-refractivity contribution in [3.05, 3.63) is 58.9 Å². The molecule has 1 heterocycles. The lowest BCUT2D eigenvalue weighted by atomic mass is 10.2. The third-order valence-corrected chi connectivity index (χ3v) is 8.08. The number of carbonyl (C=O) groups is 2. The Morgan fingerprint density at radius 3 is 1.60 bits per heavy atom. The van der Waals surface area contributed by atoms with Crippen LogP contribution in [0.3, 0.4) is 0 Å². The summed E-state index contributed by atoms with van der Waals surface area (Å²) in [5.41, 5.74) is 2.06. The van der Waals surface area contributed by atoms with Gasteiger partial charge in [0.15, 0.2) is 5.69 Å². The molecule has 0 bridgehead atoms. The highest BCUT2D eigenvalue weighted by molar-refractivity contribution is 8.00. The average Bonchev–Trinajstić information content (AvgIpc) is 3.20. The van der Waals surface area contributed by atoms with Crippen molar-refractivity contribution in [3.63, 3.8) is 0 Å². The quantitative estimate of drug-likeness (QED) is 0.207. The highest BCUT2D eigenvalue weighted by Crippen LogP contribution is 2.29. The van der Waals surface area contributed by atoms with Gasteiger partial charge in [0.2, 0.25) is 17.7 Å². The van der Waals surface area contributed by atoms with Crippen LogP contribution >= 0.6 is 23.5 Å². The van der Waals surface area contributed by atoms with Crippen LogP contribution in [-0.2, 0) is 9.59 Å². The van der Waals surface area contributed by atoms with Gasteiger partial charge in [0.25, 0.3) is 5.56 Å². The monoisotopic (exact) mass is 585 g/mol. The van der Waals surface area contributed by atoms with Gasteiger partial charge in [-0.05, 0) is 72.9 Å². The number of hydrogen-bond acceptors (Lipinski definition) is 7. The molecule has 0 aliphatic heterocycles. The van der Waals surface area contributed by atoms with Crippen molar-refractivity contribution < 1.29 is 14.7 Å². The van der Waals surface area contributed by atoms with E-state index in [2.05, 4.69) is 24.5 Å². The number of aromatic nitrogens is 2. The molecule has 11 heteroatoms. The maximum absolute atomic E-state index is 13.4. The Morgan fingerprint density at radius 1 is 0.775 bits per heavy atom. The molecule has 216 valence electrons. The zero-order chi connectivity index (χ0) is 29.1. The van der Waals surface area contributed by atoms with Gasteiger partial charge in [-0.2, -0.15) is 23.5 Å². The summed E-state index contributed by atoms with van der Waals surface area (Å²) in [5, 5.41) is 16.9. The van der Waals surface area contributed by atoms with Crippen LogP contribution in [0.25, 0.3) is 11.4 Å². The highest BCUT2D eigenvalue weighted by Gasteiger charge is 2.23. The summed E-state index contributed by atoms with van der Waals surface area (Å²) >= 11 is 3.21. The van der Waals surface area contributed by atoms with Crippen molar-refractivity contribution in [2.24, 2.45) is 0 Å². The Balaban J connectivity index is 1.82. The molecule has 0 atom stereocenters. The molecule has 0 saturated heterocycles. The zero-order valence-corrected chi connectivity index (χ0v) is 25.2. The second-order valence-electron chi connectivity index (χ2n) is 9.50. The van der Waals surface area contributed by atoms with Crippen LogP contribution in [0.4, 0.5) is 17.1 Å². The number of carbonyl (C=O) groups excluding carboxylic acids is 2. The van der Waals surface area contributed by atoms with Crippen LogP contribution in [0, 0.1) is 0 Å². The highest BCUT2D eigenvalue weighted by atomic mass is 32.2. The number of benzene rings is 2. The molecule has 40 heavy (non-hydrogen) atoms. The van der Waals surface area contributed by atoms with E-state index in [0.29, 0.717) is 34.3 Å². The largest absolute Gasteiger partial charge is 0.492 e. The molecule has 2 amide bonds. The van der Waals surface area contributed by atoms with Crippen LogP contribution < -0.4 is 21.1 Å². The first-order valence-electron chi connectivity index (χ1n) is 13.5. The molecule has 0 unspecified atom stereocenters. The lowest BCUT2D eigenvalue weighted by molar-refractivity contribution is -0.114. The summed E-state index contributed by atoms with van der Waals surface area (Å²) in [6, 6.07) is 13.9. The second-order valence-corrected chi connectivity index (χ2v) is 11.7. The Bertz CT molecular complexity index is 1320. The Kier molecular flexibility index (Phi) is 12.1. The number of amides is 2. The molecule has 0 spiro atoms. The molecule has 1 aromatic heterocycles. The number of hydrogen-bond donors (Lipinski definition) is 3. The fraction of sp³-hybridized carbons (Fsp3) is 0.414. The van der Waals surface area contributed by atoms with Crippen LogP contribution in [0.1, 0.15) is 39.5 Å². The number of rotatable bonds is 15. The first-order chi connectivity index (χ1) is 19.3. The third-order valence-electron chi connectivity index (χ3n) is 6.00. The van der Waals surface area contributed by atoms with Gasteiger partial charge >= 0.3 is 0 Å². The minimum absolute atomic E-state index is 0.0730. The standard InChI is InChI=1S/C29H39N5O4S2/c1-5-7-17-39-19-25(35)30-21-9-13-23(14-10-21)33-28(37)27(32(3)4)29(38)34(33)24-15-11-22(12-16-24)31-26(36)20-40-18-8-6-2/h9-16,37H,5-8,17-20H2,1-4H3,(H,30,35)(H,31,36). The summed E-state index contributed by atoms with van der Waals surface area (Å²) in [4.78, 5) is 39.5. The van der Waals surface area contributed by atoms with E-state index in [1.54, 1.807) is 91.0 Å². The molecular formula is C29H39N5O4S2. The van der Waals surface area contributed by atoms with E-state index in [1.807, 2.05) is 0 Å². The van der Waals surface area contributed by atoms with Crippen LogP contribution in [0.15, 0.2) is 53.3 Å². The number of thioether (sulfide) groups is 2. The Morgan fingerprint density at radius 2 is 1.20 bits per heavy atom. The fourth-order valence-electron chi connectivity index (χ4n) is 3.93.